The van der Waals surface area contributed by atoms with Crippen LogP contribution in [-0.2, 0) is 11.2 Å². The molecule has 3 aromatic rings. The lowest BCUT2D eigenvalue weighted by Crippen LogP contribution is -2.36. The predicted molar refractivity (Wildman–Crippen MR) is 274 cm³/mol. The molecule has 1 atom stereocenters. The van der Waals surface area contributed by atoms with Crippen LogP contribution in [-0.4, -0.2) is 30.5 Å². The number of ether oxygens (including phenoxy) is 1. The second-order valence-corrected chi connectivity index (χ2v) is 19.4. The van der Waals surface area contributed by atoms with Crippen molar-refractivity contribution in [1.29, 1.82) is 0 Å². The summed E-state index contributed by atoms with van der Waals surface area (Å²) in [6, 6.07) is 23.7. The zero-order valence-electron chi connectivity index (χ0n) is 41.1. The Morgan fingerprint density at radius 2 is 0.905 bits per heavy atom. The van der Waals surface area contributed by atoms with Gasteiger partial charge in [0.05, 0.1) is 0 Å². The molecule has 352 valence electrons. The molecule has 0 saturated heterocycles. The Balaban J connectivity index is 1.13. The number of para-hydroxylation sites is 1. The minimum absolute atomic E-state index is 0.117. The third-order valence-electron chi connectivity index (χ3n) is 13.9. The molecule has 1 unspecified atom stereocenters. The van der Waals surface area contributed by atoms with Gasteiger partial charge in [-0.3, -0.25) is 4.79 Å². The van der Waals surface area contributed by atoms with Crippen LogP contribution in [0.5, 0.6) is 5.75 Å². The number of anilines is 2. The van der Waals surface area contributed by atoms with E-state index < -0.39 is 0 Å². The van der Waals surface area contributed by atoms with Gasteiger partial charge in [0.25, 0.3) is 5.91 Å². The standard InChI is InChI=1S/C59H94N2O2/c1-4-6-8-10-12-14-16-18-20-22-24-26-28-30-32-36-47-61(48-37-33-31-29-27-25-23-21-19-17-15-13-11-9-7-5-2)58(62)50-63-54-45-43-52(44-46-54)49-53-39-38-42-57-59(53)51(3)55-40-34-35-41-56(55)60-57/h34-35,38-46,51,60H,4-33,36-37,47-50H2,1-3H3. The summed E-state index contributed by atoms with van der Waals surface area (Å²) >= 11 is 0. The van der Waals surface area contributed by atoms with E-state index in [4.69, 9.17) is 4.74 Å². The van der Waals surface area contributed by atoms with Gasteiger partial charge in [0.15, 0.2) is 6.61 Å². The zero-order valence-corrected chi connectivity index (χ0v) is 41.1. The smallest absolute Gasteiger partial charge is 0.260 e. The van der Waals surface area contributed by atoms with E-state index in [1.807, 2.05) is 12.1 Å². The third-order valence-corrected chi connectivity index (χ3v) is 13.9. The van der Waals surface area contributed by atoms with Crippen LogP contribution >= 0.6 is 0 Å². The highest BCUT2D eigenvalue weighted by molar-refractivity contribution is 5.78. The summed E-state index contributed by atoms with van der Waals surface area (Å²) in [6.45, 7) is 8.75. The fraction of sp³-hybridized carbons (Fsp3) is 0.678. The highest BCUT2D eigenvalue weighted by atomic mass is 16.5. The van der Waals surface area contributed by atoms with E-state index in [0.29, 0.717) is 5.92 Å². The van der Waals surface area contributed by atoms with E-state index in [0.717, 1.165) is 38.1 Å². The number of fused-ring (bicyclic) bond motifs is 2. The summed E-state index contributed by atoms with van der Waals surface area (Å²) < 4.78 is 6.17. The largest absolute Gasteiger partial charge is 0.484 e. The number of hydrogen-bond acceptors (Lipinski definition) is 3. The van der Waals surface area contributed by atoms with Crippen LogP contribution in [0, 0.1) is 0 Å². The van der Waals surface area contributed by atoms with Crippen LogP contribution in [0.25, 0.3) is 0 Å². The average molecular weight is 863 g/mol. The summed E-state index contributed by atoms with van der Waals surface area (Å²) in [7, 11) is 0. The highest BCUT2D eigenvalue weighted by Crippen LogP contribution is 2.43. The maximum Gasteiger partial charge on any atom is 0.260 e. The minimum Gasteiger partial charge on any atom is -0.484 e. The topological polar surface area (TPSA) is 41.6 Å². The van der Waals surface area contributed by atoms with Gasteiger partial charge in [0.2, 0.25) is 0 Å². The molecular weight excluding hydrogens is 769 g/mol. The molecule has 0 saturated carbocycles. The summed E-state index contributed by atoms with van der Waals surface area (Å²) in [6.07, 6.45) is 44.6. The van der Waals surface area contributed by atoms with Crippen molar-refractivity contribution >= 4 is 17.3 Å². The molecule has 63 heavy (non-hydrogen) atoms. The molecule has 4 nitrogen and oxygen atoms in total. The maximum atomic E-state index is 13.7. The Labute approximate surface area is 388 Å². The number of nitrogens with one attached hydrogen (secondary N) is 1. The predicted octanol–water partition coefficient (Wildman–Crippen LogP) is 18.2. The number of benzene rings is 3. The van der Waals surface area contributed by atoms with Crippen LogP contribution in [0.15, 0.2) is 66.7 Å². The van der Waals surface area contributed by atoms with Gasteiger partial charge in [0, 0.05) is 30.4 Å². The lowest BCUT2D eigenvalue weighted by molar-refractivity contribution is -0.133. The first-order valence-electron chi connectivity index (χ1n) is 27.1. The minimum atomic E-state index is 0.117. The molecular formula is C59H94N2O2. The molecule has 0 spiro atoms. The van der Waals surface area contributed by atoms with Crippen molar-refractivity contribution in [2.24, 2.45) is 0 Å². The first-order valence-corrected chi connectivity index (χ1v) is 27.1. The fourth-order valence-electron chi connectivity index (χ4n) is 9.90. The number of amides is 1. The molecule has 3 aromatic carbocycles. The fourth-order valence-corrected chi connectivity index (χ4v) is 9.90. The number of carbonyl (C=O) groups excluding carboxylic acids is 1. The molecule has 1 N–H and O–H groups in total. The number of nitrogens with zero attached hydrogens (tertiary/aromatic N) is 1. The Morgan fingerprint density at radius 1 is 0.492 bits per heavy atom. The van der Waals surface area contributed by atoms with Crippen molar-refractivity contribution in [2.75, 3.05) is 25.0 Å². The van der Waals surface area contributed by atoms with Crippen LogP contribution < -0.4 is 10.1 Å². The summed E-state index contributed by atoms with van der Waals surface area (Å²) in [5.41, 5.74) is 7.76. The van der Waals surface area contributed by atoms with Gasteiger partial charge in [-0.25, -0.2) is 0 Å². The summed E-state index contributed by atoms with van der Waals surface area (Å²) in [5, 5.41) is 3.67. The normalized spacial score (nSPS) is 13.1. The second kappa shape index (κ2) is 34.1. The molecule has 4 heteroatoms. The van der Waals surface area contributed by atoms with Crippen molar-refractivity contribution < 1.29 is 9.53 Å². The molecule has 0 bridgehead atoms. The van der Waals surface area contributed by atoms with Crippen LogP contribution in [0.1, 0.15) is 254 Å². The van der Waals surface area contributed by atoms with E-state index >= 15 is 0 Å². The van der Waals surface area contributed by atoms with Crippen molar-refractivity contribution in [3.05, 3.63) is 89.0 Å². The molecule has 4 rings (SSSR count). The molecule has 1 heterocycles. The van der Waals surface area contributed by atoms with Crippen molar-refractivity contribution in [3.8, 4) is 5.75 Å². The van der Waals surface area contributed by atoms with Crippen LogP contribution in [0.3, 0.4) is 0 Å². The van der Waals surface area contributed by atoms with E-state index in [9.17, 15) is 4.79 Å². The lowest BCUT2D eigenvalue weighted by atomic mass is 9.83. The SMILES string of the molecule is CCCCCCCCCCCCCCCCCCN(CCCCCCCCCCCCCCCCCC)C(=O)COc1ccc(Cc2cccc3c2C(C)c2ccccc2N3)cc1. The number of unbranched alkanes of at least 4 members (excludes halogenated alkanes) is 30. The van der Waals surface area contributed by atoms with E-state index in [-0.39, 0.29) is 12.5 Å². The highest BCUT2D eigenvalue weighted by Gasteiger charge is 2.24. The third kappa shape index (κ3) is 22.0. The Kier molecular flexibility index (Phi) is 28.4. The molecule has 0 aromatic heterocycles. The zero-order chi connectivity index (χ0) is 44.4. The van der Waals surface area contributed by atoms with Crippen LogP contribution in [0.4, 0.5) is 11.4 Å². The molecule has 1 amide bonds. The summed E-state index contributed by atoms with van der Waals surface area (Å²) in [4.78, 5) is 15.8. The first kappa shape index (κ1) is 52.4. The Bertz CT molecular complexity index is 1550. The van der Waals surface area contributed by atoms with E-state index in [1.54, 1.807) is 0 Å². The molecule has 1 aliphatic rings. The number of rotatable bonds is 39. The number of hydrogen-bond donors (Lipinski definition) is 1. The van der Waals surface area contributed by atoms with Gasteiger partial charge in [-0.1, -0.05) is 256 Å². The van der Waals surface area contributed by atoms with Gasteiger partial charge in [-0.05, 0) is 65.8 Å². The van der Waals surface area contributed by atoms with E-state index in [1.165, 1.54) is 226 Å². The molecule has 0 fully saturated rings. The Morgan fingerprint density at radius 3 is 1.37 bits per heavy atom. The van der Waals surface area contributed by atoms with Crippen molar-refractivity contribution in [3.63, 3.8) is 0 Å². The van der Waals surface area contributed by atoms with Gasteiger partial charge in [-0.15, -0.1) is 0 Å². The molecule has 0 aliphatic carbocycles. The molecule has 1 aliphatic heterocycles. The maximum absolute atomic E-state index is 13.7. The van der Waals surface area contributed by atoms with Crippen LogP contribution in [0.2, 0.25) is 0 Å². The average Bonchev–Trinajstić information content (AvgIpc) is 3.30. The van der Waals surface area contributed by atoms with Gasteiger partial charge < -0.3 is 15.0 Å². The van der Waals surface area contributed by atoms with Gasteiger partial charge in [-0.2, -0.15) is 0 Å². The monoisotopic (exact) mass is 863 g/mol. The van der Waals surface area contributed by atoms with Crippen molar-refractivity contribution in [1.82, 2.24) is 4.90 Å². The summed E-state index contributed by atoms with van der Waals surface area (Å²) in [5.74, 6) is 1.25. The second-order valence-electron chi connectivity index (χ2n) is 19.4. The molecule has 0 radical (unpaired) electrons. The van der Waals surface area contributed by atoms with Gasteiger partial charge in [0.1, 0.15) is 5.75 Å². The Hall–Kier alpha value is -3.27. The van der Waals surface area contributed by atoms with Gasteiger partial charge >= 0.3 is 0 Å². The quantitative estimate of drug-likeness (QED) is 0.0581. The lowest BCUT2D eigenvalue weighted by Gasteiger charge is -2.29. The van der Waals surface area contributed by atoms with E-state index in [2.05, 4.69) is 85.6 Å². The first-order chi connectivity index (χ1) is 31.1. The number of carbonyl (C=O) groups is 1. The van der Waals surface area contributed by atoms with Crippen molar-refractivity contribution in [2.45, 2.75) is 239 Å².